The Labute approximate surface area is 136 Å². The maximum absolute atomic E-state index is 12.8. The van der Waals surface area contributed by atoms with E-state index in [2.05, 4.69) is 9.70 Å². The molecule has 3 rings (SSSR count). The van der Waals surface area contributed by atoms with E-state index in [0.29, 0.717) is 22.5 Å². The Bertz CT molecular complexity index is 905. The molecule has 1 aromatic rings. The van der Waals surface area contributed by atoms with Crippen LogP contribution in [0.4, 0.5) is 0 Å². The van der Waals surface area contributed by atoms with Crippen LogP contribution in [0.1, 0.15) is 26.3 Å². The second-order valence-corrected chi connectivity index (χ2v) is 7.66. The van der Waals surface area contributed by atoms with Crippen molar-refractivity contribution in [3.8, 4) is 0 Å². The highest BCUT2D eigenvalue weighted by molar-refractivity contribution is 7.93. The van der Waals surface area contributed by atoms with Gasteiger partial charge in [0.25, 0.3) is 0 Å². The van der Waals surface area contributed by atoms with Crippen molar-refractivity contribution in [1.29, 1.82) is 5.39 Å². The molecular weight excluding hydrogens is 310 g/mol. The Hall–Kier alpha value is -2.52. The Morgan fingerprint density at radius 3 is 2.48 bits per heavy atom. The molecule has 1 atom stereocenters. The monoisotopic (exact) mass is 327 g/mol. The van der Waals surface area contributed by atoms with Crippen LogP contribution in [0.25, 0.3) is 10.7 Å². The first-order chi connectivity index (χ1) is 10.8. The Morgan fingerprint density at radius 1 is 1.22 bits per heavy atom. The molecule has 0 saturated carbocycles. The number of sulfonamides is 1. The van der Waals surface area contributed by atoms with Gasteiger partial charge in [-0.1, -0.05) is 62.4 Å². The maximum Gasteiger partial charge on any atom is 0.383 e. The minimum absolute atomic E-state index is 0.225. The van der Waals surface area contributed by atoms with Gasteiger partial charge in [0.1, 0.15) is 5.70 Å². The zero-order chi connectivity index (χ0) is 16.8. The van der Waals surface area contributed by atoms with Gasteiger partial charge < -0.3 is 0 Å². The molecule has 1 aromatic carbocycles. The number of nitrogens with zero attached hydrogens (tertiary/aromatic N) is 2. The van der Waals surface area contributed by atoms with Crippen LogP contribution in [0.3, 0.4) is 0 Å². The van der Waals surface area contributed by atoms with Crippen molar-refractivity contribution in [3.63, 3.8) is 0 Å². The summed E-state index contributed by atoms with van der Waals surface area (Å²) in [6.45, 7) is 5.42. The molecule has 6 heteroatoms. The van der Waals surface area contributed by atoms with Gasteiger partial charge in [-0.2, -0.15) is 5.57 Å². The zero-order valence-electron chi connectivity index (χ0n) is 13.2. The molecule has 0 bridgehead atoms. The molecule has 0 aromatic heterocycles. The van der Waals surface area contributed by atoms with E-state index in [1.54, 1.807) is 38.1 Å². The van der Waals surface area contributed by atoms with E-state index in [0.717, 1.165) is 5.57 Å². The molecule has 1 heterocycles. The predicted octanol–water partition coefficient (Wildman–Crippen LogP) is 3.59. The van der Waals surface area contributed by atoms with E-state index >= 15 is 0 Å². The topological polar surface area (TPSA) is 74.3 Å². The number of benzene rings is 1. The highest BCUT2D eigenvalue weighted by atomic mass is 32.2. The number of nitrogens with one attached hydrogen (secondary N) is 1. The lowest BCUT2D eigenvalue weighted by atomic mass is 9.74. The first-order valence-corrected chi connectivity index (χ1v) is 8.71. The second-order valence-electron chi connectivity index (χ2n) is 6.04. The van der Waals surface area contributed by atoms with Crippen molar-refractivity contribution >= 4 is 15.7 Å². The lowest BCUT2D eigenvalue weighted by molar-refractivity contribution is 0.533. The standard InChI is InChI=1S/C17H17N3O2S/c1-11-9-12(2)16-17(3,10-11)15(19-18)14(20-23(16,21)22)13-7-5-4-6-8-13/h4-10,20H,1-3H3. The smallest absolute Gasteiger partial charge is 0.286 e. The average Bonchev–Trinajstić information content (AvgIpc) is 2.45. The lowest BCUT2D eigenvalue weighted by Gasteiger charge is -2.45. The van der Waals surface area contributed by atoms with Crippen LogP contribution in [0.2, 0.25) is 0 Å². The van der Waals surface area contributed by atoms with E-state index in [-0.39, 0.29) is 5.25 Å². The van der Waals surface area contributed by atoms with Gasteiger partial charge in [0.2, 0.25) is 5.39 Å². The fourth-order valence-corrected chi connectivity index (χ4v) is 5.28. The molecule has 1 N–H and O–H groups in total. The maximum atomic E-state index is 12.8. The molecule has 0 saturated heterocycles. The summed E-state index contributed by atoms with van der Waals surface area (Å²) in [5.74, 6) is 0. The third-order valence-electron chi connectivity index (χ3n) is 4.19. The van der Waals surface area contributed by atoms with E-state index in [4.69, 9.17) is 0 Å². The molecule has 1 aliphatic carbocycles. The fourth-order valence-electron chi connectivity index (χ4n) is 3.49. The molecule has 1 aliphatic heterocycles. The number of rotatable bonds is 1. The summed E-state index contributed by atoms with van der Waals surface area (Å²) in [4.78, 5) is 3.46. The minimum atomic E-state index is -3.73. The third-order valence-corrected chi connectivity index (χ3v) is 5.94. The first-order valence-electron chi connectivity index (χ1n) is 7.23. The molecular formula is C17H17N3O2S. The van der Waals surface area contributed by atoms with Gasteiger partial charge in [-0.15, -0.1) is 5.57 Å². The normalized spacial score (nSPS) is 25.7. The van der Waals surface area contributed by atoms with Crippen molar-refractivity contribution in [2.24, 2.45) is 5.41 Å². The number of fused-ring (bicyclic) bond motifs is 1. The van der Waals surface area contributed by atoms with Crippen molar-refractivity contribution < 1.29 is 8.42 Å². The summed E-state index contributed by atoms with van der Waals surface area (Å²) < 4.78 is 28.2. The lowest BCUT2D eigenvalue weighted by Crippen LogP contribution is -2.45. The van der Waals surface area contributed by atoms with Crippen LogP contribution >= 0.6 is 0 Å². The van der Waals surface area contributed by atoms with Crippen LogP contribution in [0.5, 0.6) is 0 Å². The predicted molar refractivity (Wildman–Crippen MR) is 89.4 cm³/mol. The molecule has 0 spiro atoms. The number of diazo groups is 1. The van der Waals surface area contributed by atoms with Crippen LogP contribution in [0, 0.1) is 16.1 Å². The summed E-state index contributed by atoms with van der Waals surface area (Å²) >= 11 is 0. The van der Waals surface area contributed by atoms with Gasteiger partial charge in [-0.25, -0.2) is 14.5 Å². The Balaban J connectivity index is 2.35. The van der Waals surface area contributed by atoms with Crippen molar-refractivity contribution in [3.05, 3.63) is 75.1 Å². The van der Waals surface area contributed by atoms with E-state index < -0.39 is 15.4 Å². The minimum Gasteiger partial charge on any atom is -0.286 e. The van der Waals surface area contributed by atoms with Gasteiger partial charge >= 0.3 is 5.70 Å². The number of hydrogen-bond acceptors (Lipinski definition) is 3. The van der Waals surface area contributed by atoms with Gasteiger partial charge in [0, 0.05) is 5.56 Å². The highest BCUT2D eigenvalue weighted by Crippen LogP contribution is 2.53. The summed E-state index contributed by atoms with van der Waals surface area (Å²) in [6.07, 6.45) is 3.64. The third kappa shape index (κ3) is 2.25. The van der Waals surface area contributed by atoms with Gasteiger partial charge in [0.05, 0.1) is 5.41 Å². The summed E-state index contributed by atoms with van der Waals surface area (Å²) in [6, 6.07) is 9.01. The average molecular weight is 327 g/mol. The Morgan fingerprint density at radius 2 is 1.87 bits per heavy atom. The van der Waals surface area contributed by atoms with E-state index in [9.17, 15) is 13.8 Å². The van der Waals surface area contributed by atoms with Crippen molar-refractivity contribution in [2.75, 3.05) is 0 Å². The summed E-state index contributed by atoms with van der Waals surface area (Å²) in [7, 11) is -3.73. The van der Waals surface area contributed by atoms with Crippen LogP contribution in [0.15, 0.2) is 59.3 Å². The van der Waals surface area contributed by atoms with E-state index in [1.807, 2.05) is 25.1 Å². The van der Waals surface area contributed by atoms with Crippen LogP contribution in [-0.4, -0.2) is 8.42 Å². The summed E-state index contributed by atoms with van der Waals surface area (Å²) in [5, 5.41) is 9.86. The zero-order valence-corrected chi connectivity index (χ0v) is 14.0. The quantitative estimate of drug-likeness (QED) is 0.633. The molecule has 5 nitrogen and oxygen atoms in total. The van der Waals surface area contributed by atoms with Gasteiger partial charge in [0.15, 0.2) is 15.0 Å². The summed E-state index contributed by atoms with van der Waals surface area (Å²) in [5.41, 5.74) is 1.82. The second kappa shape index (κ2) is 5.00. The Kier molecular flexibility index (Phi) is 3.34. The molecule has 2 aliphatic rings. The molecule has 118 valence electrons. The molecule has 0 fully saturated rings. The van der Waals surface area contributed by atoms with Gasteiger partial charge in [-0.05, 0) is 0 Å². The SMILES string of the molecule is CC1=CC2(C)C([N+]#N)=C(c3ccccc3)NS(=O)(=O)[C-]2C(C)=C1. The van der Waals surface area contributed by atoms with Crippen molar-refractivity contribution in [1.82, 2.24) is 4.72 Å². The fraction of sp³-hybridized carbons (Fsp3) is 0.235. The largest absolute Gasteiger partial charge is 0.383 e. The number of allylic oxidation sites excluding steroid dienone is 3. The van der Waals surface area contributed by atoms with Crippen LogP contribution < -0.4 is 4.72 Å². The highest BCUT2D eigenvalue weighted by Gasteiger charge is 2.52. The first kappa shape index (κ1) is 15.4. The van der Waals surface area contributed by atoms with E-state index in [1.165, 1.54) is 0 Å². The molecule has 0 radical (unpaired) electrons. The molecule has 23 heavy (non-hydrogen) atoms. The van der Waals surface area contributed by atoms with Crippen LogP contribution in [-0.2, 0) is 10.0 Å². The molecule has 1 unspecified atom stereocenters. The number of hydrogen-bond donors (Lipinski definition) is 1. The molecule has 0 amide bonds. The van der Waals surface area contributed by atoms with Crippen molar-refractivity contribution in [2.45, 2.75) is 20.8 Å². The van der Waals surface area contributed by atoms with Gasteiger partial charge in [-0.3, -0.25) is 4.72 Å².